The van der Waals surface area contributed by atoms with Gasteiger partial charge in [0.05, 0.1) is 12.9 Å². The summed E-state index contributed by atoms with van der Waals surface area (Å²) < 4.78 is 43.4. The van der Waals surface area contributed by atoms with Crippen LogP contribution >= 0.6 is 0 Å². The predicted octanol–water partition coefficient (Wildman–Crippen LogP) is -1.49. The lowest BCUT2D eigenvalue weighted by molar-refractivity contribution is -0.119. The highest BCUT2D eigenvalue weighted by atomic mass is 32.2. The van der Waals surface area contributed by atoms with Crippen LogP contribution in [0.3, 0.4) is 0 Å². The molecule has 1 fully saturated rings. The van der Waals surface area contributed by atoms with E-state index >= 15 is 0 Å². The molecule has 3 aromatic rings. The van der Waals surface area contributed by atoms with Gasteiger partial charge in [0.1, 0.15) is 42.5 Å². The van der Waals surface area contributed by atoms with Crippen LogP contribution in [0.2, 0.25) is 0 Å². The van der Waals surface area contributed by atoms with Gasteiger partial charge in [-0.2, -0.15) is 8.42 Å². The molecule has 4 rings (SSSR count). The van der Waals surface area contributed by atoms with Crippen molar-refractivity contribution in [3.05, 3.63) is 42.5 Å². The monoisotopic (exact) mass is 547 g/mol. The molecule has 5 atom stereocenters. The molecule has 1 aliphatic heterocycles. The van der Waals surface area contributed by atoms with Crippen LogP contribution in [0, 0.1) is 12.3 Å². The number of terminal acetylenes is 1. The number of benzene rings is 1. The number of nitrogens with zero attached hydrogens (tertiary/aromatic N) is 4. The third-order valence-electron chi connectivity index (χ3n) is 5.66. The number of aromatic nitrogens is 4. The molecule has 0 aliphatic carbocycles. The molecule has 7 N–H and O–H groups in total. The van der Waals surface area contributed by atoms with Crippen molar-refractivity contribution in [3.8, 4) is 18.1 Å². The number of aliphatic hydroxyl groups excluding tert-OH is 2. The van der Waals surface area contributed by atoms with Gasteiger partial charge in [-0.25, -0.2) is 19.7 Å². The van der Waals surface area contributed by atoms with Gasteiger partial charge < -0.3 is 31.2 Å². The Bertz CT molecular complexity index is 1440. The van der Waals surface area contributed by atoms with Gasteiger partial charge in [-0.1, -0.05) is 18.1 Å². The Balaban J connectivity index is 1.31. The van der Waals surface area contributed by atoms with Gasteiger partial charge >= 0.3 is 10.3 Å². The number of amides is 1. The molecule has 2 aromatic heterocycles. The summed E-state index contributed by atoms with van der Waals surface area (Å²) in [5.41, 5.74) is 12.8. The van der Waals surface area contributed by atoms with Gasteiger partial charge in [-0.3, -0.25) is 13.5 Å². The number of aliphatic hydroxyl groups is 2. The third-order valence-corrected chi connectivity index (χ3v) is 6.58. The Labute approximate surface area is 217 Å². The van der Waals surface area contributed by atoms with E-state index in [1.54, 1.807) is 29.0 Å². The molecule has 38 heavy (non-hydrogen) atoms. The Morgan fingerprint density at radius 1 is 1.24 bits per heavy atom. The molecular formula is C22H25N7O8S. The quantitative estimate of drug-likeness (QED) is 0.182. The van der Waals surface area contributed by atoms with E-state index in [0.717, 1.165) is 0 Å². The van der Waals surface area contributed by atoms with Gasteiger partial charge in [0.15, 0.2) is 17.7 Å². The normalized spacial score (nSPS) is 22.2. The van der Waals surface area contributed by atoms with Gasteiger partial charge in [0.25, 0.3) is 0 Å². The van der Waals surface area contributed by atoms with E-state index in [0.29, 0.717) is 11.3 Å². The molecular weight excluding hydrogens is 522 g/mol. The van der Waals surface area contributed by atoms with Crippen LogP contribution in [0.5, 0.6) is 5.75 Å². The zero-order valence-corrected chi connectivity index (χ0v) is 20.6. The zero-order valence-electron chi connectivity index (χ0n) is 19.7. The van der Waals surface area contributed by atoms with Gasteiger partial charge in [0.2, 0.25) is 5.91 Å². The smallest absolute Gasteiger partial charge is 0.362 e. The number of rotatable bonds is 10. The van der Waals surface area contributed by atoms with E-state index in [4.69, 9.17) is 31.5 Å². The maximum Gasteiger partial charge on any atom is 0.362 e. The summed E-state index contributed by atoms with van der Waals surface area (Å²) in [5, 5.41) is 20.8. The number of carbonyl (C=O) groups is 1. The topological polar surface area (TPSA) is 227 Å². The van der Waals surface area contributed by atoms with Crippen LogP contribution in [0.25, 0.3) is 11.2 Å². The second-order valence-electron chi connectivity index (χ2n) is 8.27. The summed E-state index contributed by atoms with van der Waals surface area (Å²) in [5.74, 6) is 2.04. The lowest BCUT2D eigenvalue weighted by atomic mass is 10.0. The molecule has 0 radical (unpaired) electrons. The largest absolute Gasteiger partial charge is 0.481 e. The molecule has 0 bridgehead atoms. The number of carbonyl (C=O) groups excluding carboxylic acids is 1. The number of nitrogens with two attached hydrogens (primary N) is 2. The minimum atomic E-state index is -4.59. The first kappa shape index (κ1) is 27.2. The number of ether oxygens (including phenoxy) is 2. The summed E-state index contributed by atoms with van der Waals surface area (Å²) in [4.78, 5) is 24.2. The van der Waals surface area contributed by atoms with E-state index in [-0.39, 0.29) is 30.0 Å². The first-order valence-electron chi connectivity index (χ1n) is 11.2. The summed E-state index contributed by atoms with van der Waals surface area (Å²) in [6, 6.07) is 5.67. The highest BCUT2D eigenvalue weighted by Gasteiger charge is 2.45. The number of imidazole rings is 1. The molecule has 3 heterocycles. The Kier molecular flexibility index (Phi) is 8.06. The molecule has 15 nitrogen and oxygen atoms in total. The molecule has 202 valence electrons. The third kappa shape index (κ3) is 5.99. The number of fused-ring (bicyclic) bond motifs is 1. The van der Waals surface area contributed by atoms with Crippen molar-refractivity contribution in [1.29, 1.82) is 0 Å². The highest BCUT2D eigenvalue weighted by Crippen LogP contribution is 2.32. The maximum absolute atomic E-state index is 12.3. The minimum Gasteiger partial charge on any atom is -0.481 e. The summed E-state index contributed by atoms with van der Waals surface area (Å²) in [7, 11) is -4.59. The van der Waals surface area contributed by atoms with Gasteiger partial charge in [-0.05, 0) is 17.7 Å². The molecule has 1 aliphatic rings. The van der Waals surface area contributed by atoms with Crippen molar-refractivity contribution < 1.29 is 37.1 Å². The average molecular weight is 548 g/mol. The van der Waals surface area contributed by atoms with E-state index in [1.165, 1.54) is 17.2 Å². The Morgan fingerprint density at radius 2 is 1.97 bits per heavy atom. The van der Waals surface area contributed by atoms with E-state index in [9.17, 15) is 23.4 Å². The summed E-state index contributed by atoms with van der Waals surface area (Å²) in [6.07, 6.45) is 1.82. The number of hydrogen-bond acceptors (Lipinski definition) is 13. The molecule has 0 unspecified atom stereocenters. The van der Waals surface area contributed by atoms with Crippen molar-refractivity contribution >= 4 is 33.2 Å². The van der Waals surface area contributed by atoms with Crippen molar-refractivity contribution in [2.24, 2.45) is 5.73 Å². The molecule has 1 amide bonds. The van der Waals surface area contributed by atoms with E-state index < -0.39 is 53.4 Å². The van der Waals surface area contributed by atoms with Crippen molar-refractivity contribution in [2.45, 2.75) is 37.0 Å². The van der Waals surface area contributed by atoms with Crippen molar-refractivity contribution in [3.63, 3.8) is 0 Å². The Hall–Kier alpha value is -3.85. The van der Waals surface area contributed by atoms with Crippen LogP contribution in [-0.2, 0) is 24.0 Å². The zero-order chi connectivity index (χ0) is 27.4. The first-order valence-corrected chi connectivity index (χ1v) is 12.6. The Morgan fingerprint density at radius 3 is 2.68 bits per heavy atom. The molecule has 0 saturated carbocycles. The second kappa shape index (κ2) is 11.3. The average Bonchev–Trinajstić information content (AvgIpc) is 3.43. The lowest BCUT2D eigenvalue weighted by Gasteiger charge is -2.16. The van der Waals surface area contributed by atoms with Crippen LogP contribution in [-0.4, -0.2) is 75.6 Å². The van der Waals surface area contributed by atoms with Crippen LogP contribution in [0.1, 0.15) is 24.3 Å². The number of nitrogen functional groups attached to an aromatic ring is 1. The summed E-state index contributed by atoms with van der Waals surface area (Å²) in [6.45, 7) is -0.606. The maximum atomic E-state index is 12.3. The standard InChI is InChI=1S/C22H25N7O8S/c1-2-7-35-13-5-3-12(4-6-13)14(23)8-16(30)28-38(33,34)36-9-15-18(31)19(32)22(37-15)29-11-27-17-20(24)25-10-26-21(17)29/h1,3-6,10-11,14-15,18-19,22,31-32H,7-9,23H2,(H,28,30)(H2,24,25,26)/t14-,15+,18+,19+,22+/m0/s1. The SMILES string of the molecule is C#CCOc1ccc([C@@H](N)CC(=O)NS(=O)(=O)OC[C@H]2O[C@@H](n3cnc4c(N)ncnc43)[C@H](O)[C@@H]2O)cc1. The van der Waals surface area contributed by atoms with Crippen LogP contribution in [0.15, 0.2) is 36.9 Å². The number of anilines is 1. The molecule has 1 saturated heterocycles. The fourth-order valence-corrected chi connectivity index (χ4v) is 4.51. The van der Waals surface area contributed by atoms with E-state index in [1.807, 2.05) is 0 Å². The lowest BCUT2D eigenvalue weighted by Crippen LogP contribution is -2.38. The van der Waals surface area contributed by atoms with E-state index in [2.05, 4.69) is 20.9 Å². The van der Waals surface area contributed by atoms with Crippen molar-refractivity contribution in [2.75, 3.05) is 18.9 Å². The first-order chi connectivity index (χ1) is 18.1. The highest BCUT2D eigenvalue weighted by molar-refractivity contribution is 7.85. The molecule has 16 heteroatoms. The van der Waals surface area contributed by atoms with Crippen molar-refractivity contribution in [1.82, 2.24) is 24.2 Å². The van der Waals surface area contributed by atoms with Crippen LogP contribution < -0.4 is 20.9 Å². The number of nitrogens with one attached hydrogen (secondary N) is 1. The predicted molar refractivity (Wildman–Crippen MR) is 131 cm³/mol. The fraction of sp³-hybridized carbons (Fsp3) is 0.364. The van der Waals surface area contributed by atoms with Gasteiger partial charge in [-0.15, -0.1) is 6.42 Å². The molecule has 0 spiro atoms. The number of hydrogen-bond donors (Lipinski definition) is 5. The second-order valence-corrected chi connectivity index (χ2v) is 9.61. The molecule has 1 aromatic carbocycles. The summed E-state index contributed by atoms with van der Waals surface area (Å²) >= 11 is 0. The van der Waals surface area contributed by atoms with Crippen LogP contribution in [0.4, 0.5) is 5.82 Å². The fourth-order valence-electron chi connectivity index (χ4n) is 3.77. The minimum absolute atomic E-state index is 0.0960. The van der Waals surface area contributed by atoms with Gasteiger partial charge in [0, 0.05) is 12.5 Å².